The lowest BCUT2D eigenvalue weighted by atomic mass is 9.79. The molecule has 43 heavy (non-hydrogen) atoms. The standard InChI is InChI=1S/2C11H16.C7H12.C6H10.4C2H6/c1-2-7-3-6(1)9-4-8-5-10(8)11(7)9;1-2-6-7(3-1)9-4-8(6)10-5-11(9)10;1-2-4-7-5-6(7)3-1;1-2-5-4-6(5)3-1;4*1-2/h2*6-11H,1-5H2;6-7H,1-5H2;5-6H,1-4H2;4*1-2H3. The summed E-state index contributed by atoms with van der Waals surface area (Å²) in [4.78, 5) is 0. The Morgan fingerprint density at radius 2 is 0.605 bits per heavy atom. The second-order valence-electron chi connectivity index (χ2n) is 16.6. The fraction of sp³-hybridized carbons (Fsp3) is 1.00. The van der Waals surface area contributed by atoms with Gasteiger partial charge >= 0.3 is 0 Å². The van der Waals surface area contributed by atoms with Crippen LogP contribution in [0.15, 0.2) is 0 Å². The van der Waals surface area contributed by atoms with Crippen LogP contribution in [0.3, 0.4) is 0 Å². The van der Waals surface area contributed by atoms with Crippen LogP contribution in [0, 0.1) is 94.7 Å². The molecule has 0 heteroatoms. The van der Waals surface area contributed by atoms with Gasteiger partial charge in [-0.3, -0.25) is 0 Å². The summed E-state index contributed by atoms with van der Waals surface area (Å²) in [6.45, 7) is 16.0. The van der Waals surface area contributed by atoms with E-state index in [4.69, 9.17) is 0 Å². The molecule has 0 nitrogen and oxygen atoms in total. The Labute approximate surface area is 271 Å². The number of rotatable bonds is 0. The lowest BCUT2D eigenvalue weighted by Crippen LogP contribution is -2.19. The third-order valence-corrected chi connectivity index (χ3v) is 15.2. The molecule has 16 unspecified atom stereocenters. The molecular formula is C43H78. The molecule has 12 fully saturated rings. The molecule has 12 rings (SSSR count). The van der Waals surface area contributed by atoms with Crippen LogP contribution in [0.5, 0.6) is 0 Å². The second-order valence-corrected chi connectivity index (χ2v) is 16.6. The van der Waals surface area contributed by atoms with Crippen LogP contribution < -0.4 is 0 Å². The lowest BCUT2D eigenvalue weighted by molar-refractivity contribution is 0.225. The maximum absolute atomic E-state index is 2.00. The van der Waals surface area contributed by atoms with Crippen molar-refractivity contribution in [2.45, 2.75) is 177 Å². The summed E-state index contributed by atoms with van der Waals surface area (Å²) in [6, 6.07) is 0. The molecule has 0 saturated heterocycles. The van der Waals surface area contributed by atoms with Crippen molar-refractivity contribution >= 4 is 0 Å². The van der Waals surface area contributed by atoms with Crippen LogP contribution in [0.2, 0.25) is 0 Å². The highest BCUT2D eigenvalue weighted by Crippen LogP contribution is 2.72. The van der Waals surface area contributed by atoms with Gasteiger partial charge in [0.1, 0.15) is 0 Å². The SMILES string of the molecule is C1CC2C(C1)C1CC2C2CC12.C1CC2CC1C1CC3CC3C21.C1CC2CC2C1.C1CCC2CC2C1.CC.CC.CC.CC. The van der Waals surface area contributed by atoms with Crippen LogP contribution in [0.1, 0.15) is 177 Å². The predicted octanol–water partition coefficient (Wildman–Crippen LogP) is 13.5. The Bertz CT molecular complexity index is 771. The molecule has 0 aromatic heterocycles. The van der Waals surface area contributed by atoms with Gasteiger partial charge in [0, 0.05) is 0 Å². The molecule has 12 aliphatic rings. The summed E-state index contributed by atoms with van der Waals surface area (Å²) in [6.07, 6.45) is 30.2. The molecule has 0 aromatic rings. The van der Waals surface area contributed by atoms with Gasteiger partial charge in [0.2, 0.25) is 0 Å². The molecule has 0 aliphatic heterocycles. The Kier molecular flexibility index (Phi) is 12.6. The summed E-state index contributed by atoms with van der Waals surface area (Å²) in [7, 11) is 0. The summed E-state index contributed by atoms with van der Waals surface area (Å²) >= 11 is 0. The van der Waals surface area contributed by atoms with Crippen molar-refractivity contribution in [2.24, 2.45) is 94.7 Å². The van der Waals surface area contributed by atoms with Gasteiger partial charge in [-0.15, -0.1) is 0 Å². The molecule has 0 radical (unpaired) electrons. The van der Waals surface area contributed by atoms with Crippen LogP contribution in [0.25, 0.3) is 0 Å². The zero-order chi connectivity index (χ0) is 30.7. The van der Waals surface area contributed by atoms with E-state index in [-0.39, 0.29) is 0 Å². The number of hydrogen-bond donors (Lipinski definition) is 0. The van der Waals surface area contributed by atoms with E-state index in [9.17, 15) is 0 Å². The zero-order valence-corrected chi connectivity index (χ0v) is 30.7. The summed E-state index contributed by atoms with van der Waals surface area (Å²) in [5.41, 5.74) is 0. The van der Waals surface area contributed by atoms with Gasteiger partial charge in [0.05, 0.1) is 0 Å². The Balaban J connectivity index is 0.000000108. The third kappa shape index (κ3) is 7.29. The average Bonchev–Trinajstić information content (AvgIpc) is 4.04. The molecule has 0 spiro atoms. The van der Waals surface area contributed by atoms with E-state index in [0.29, 0.717) is 0 Å². The molecule has 0 amide bonds. The van der Waals surface area contributed by atoms with E-state index in [0.717, 1.165) is 0 Å². The summed E-state index contributed by atoms with van der Waals surface area (Å²) < 4.78 is 0. The zero-order valence-electron chi connectivity index (χ0n) is 30.7. The predicted molar refractivity (Wildman–Crippen MR) is 189 cm³/mol. The van der Waals surface area contributed by atoms with Gasteiger partial charge in [-0.25, -0.2) is 0 Å². The molecule has 0 heterocycles. The van der Waals surface area contributed by atoms with Crippen molar-refractivity contribution in [1.82, 2.24) is 0 Å². The lowest BCUT2D eigenvalue weighted by Gasteiger charge is -2.26. The second kappa shape index (κ2) is 15.7. The van der Waals surface area contributed by atoms with Gasteiger partial charge < -0.3 is 0 Å². The molecule has 4 bridgehead atoms. The van der Waals surface area contributed by atoms with E-state index in [1.54, 1.807) is 103 Å². The minimum absolute atomic E-state index is 1.20. The molecule has 12 aliphatic carbocycles. The molecule has 0 aromatic carbocycles. The topological polar surface area (TPSA) is 0 Å². The quantitative estimate of drug-likeness (QED) is 0.262. The van der Waals surface area contributed by atoms with Crippen LogP contribution in [-0.2, 0) is 0 Å². The van der Waals surface area contributed by atoms with Gasteiger partial charge in [-0.1, -0.05) is 107 Å². The maximum atomic E-state index is 2.00. The monoisotopic (exact) mass is 595 g/mol. The first-order valence-corrected chi connectivity index (χ1v) is 21.3. The first-order valence-electron chi connectivity index (χ1n) is 21.3. The minimum Gasteiger partial charge on any atom is -0.0683 e. The van der Waals surface area contributed by atoms with Gasteiger partial charge in [0.15, 0.2) is 0 Å². The van der Waals surface area contributed by atoms with Crippen molar-refractivity contribution in [1.29, 1.82) is 0 Å². The largest absolute Gasteiger partial charge is 0.0683 e. The van der Waals surface area contributed by atoms with Crippen molar-refractivity contribution < 1.29 is 0 Å². The average molecular weight is 595 g/mol. The van der Waals surface area contributed by atoms with E-state index in [1.165, 1.54) is 114 Å². The van der Waals surface area contributed by atoms with Crippen molar-refractivity contribution in [3.8, 4) is 0 Å². The highest BCUT2D eigenvalue weighted by molar-refractivity contribution is 5.14. The highest BCUT2D eigenvalue weighted by atomic mass is 14.7. The molecule has 250 valence electrons. The fourth-order valence-corrected chi connectivity index (χ4v) is 13.3. The van der Waals surface area contributed by atoms with Crippen molar-refractivity contribution in [3.63, 3.8) is 0 Å². The molecule has 0 N–H and O–H groups in total. The van der Waals surface area contributed by atoms with Crippen molar-refractivity contribution in [3.05, 3.63) is 0 Å². The minimum atomic E-state index is 1.20. The van der Waals surface area contributed by atoms with E-state index in [1.807, 2.05) is 55.4 Å². The first-order chi connectivity index (χ1) is 21.3. The molecule has 12 saturated carbocycles. The Morgan fingerprint density at radius 1 is 0.233 bits per heavy atom. The smallest absolute Gasteiger partial charge is 0.0323 e. The highest BCUT2D eigenvalue weighted by Gasteiger charge is 2.65. The van der Waals surface area contributed by atoms with E-state index >= 15 is 0 Å². The normalized spacial score (nSPS) is 51.3. The summed E-state index contributed by atoms with van der Waals surface area (Å²) in [5.74, 6) is 19.6. The van der Waals surface area contributed by atoms with Gasteiger partial charge in [-0.05, 0) is 165 Å². The van der Waals surface area contributed by atoms with Crippen LogP contribution in [-0.4, -0.2) is 0 Å². The van der Waals surface area contributed by atoms with E-state index < -0.39 is 0 Å². The van der Waals surface area contributed by atoms with E-state index in [2.05, 4.69) is 0 Å². The maximum Gasteiger partial charge on any atom is -0.0323 e. The molecule has 16 atom stereocenters. The van der Waals surface area contributed by atoms with Gasteiger partial charge in [0.25, 0.3) is 0 Å². The van der Waals surface area contributed by atoms with Crippen LogP contribution >= 0.6 is 0 Å². The number of fused-ring (bicyclic) bond motifs is 17. The van der Waals surface area contributed by atoms with Crippen LogP contribution in [0.4, 0.5) is 0 Å². The molecular weight excluding hydrogens is 516 g/mol. The van der Waals surface area contributed by atoms with Gasteiger partial charge in [-0.2, -0.15) is 0 Å². The van der Waals surface area contributed by atoms with Crippen molar-refractivity contribution in [2.75, 3.05) is 0 Å². The Hall–Kier alpha value is 0. The Morgan fingerprint density at radius 3 is 1.05 bits per heavy atom. The first kappa shape index (κ1) is 34.3. The number of hydrogen-bond acceptors (Lipinski definition) is 0. The third-order valence-electron chi connectivity index (χ3n) is 15.2. The fourth-order valence-electron chi connectivity index (χ4n) is 13.3. The summed E-state index contributed by atoms with van der Waals surface area (Å²) in [5, 5.41) is 0.